The number of nitrogens with one attached hydrogen (secondary N) is 1. The Morgan fingerprint density at radius 3 is 2.34 bits per heavy atom. The molecule has 29 heavy (non-hydrogen) atoms. The molecule has 1 aromatic heterocycles. The van der Waals surface area contributed by atoms with E-state index in [2.05, 4.69) is 11.1 Å². The van der Waals surface area contributed by atoms with Crippen LogP contribution in [0, 0.1) is 29.6 Å². The van der Waals surface area contributed by atoms with Crippen LogP contribution in [0.1, 0.15) is 48.4 Å². The van der Waals surface area contributed by atoms with Crippen LogP contribution in [0.2, 0.25) is 0 Å². The summed E-state index contributed by atoms with van der Waals surface area (Å²) in [6.07, 6.45) is 0.0208. The van der Waals surface area contributed by atoms with Gasteiger partial charge in [-0.2, -0.15) is 10.5 Å². The molecule has 1 saturated heterocycles. The van der Waals surface area contributed by atoms with Gasteiger partial charge in [-0.3, -0.25) is 15.3 Å². The number of aromatic nitrogens is 1. The monoisotopic (exact) mass is 406 g/mol. The molecule has 1 aliphatic heterocycles. The summed E-state index contributed by atoms with van der Waals surface area (Å²) in [7, 11) is 0. The van der Waals surface area contributed by atoms with Crippen LogP contribution in [0.25, 0.3) is 0 Å². The molecule has 0 unspecified atom stereocenters. The summed E-state index contributed by atoms with van der Waals surface area (Å²) in [4.78, 5) is 29.5. The first kappa shape index (κ1) is 20.4. The van der Waals surface area contributed by atoms with Gasteiger partial charge in [-0.15, -0.1) is 0 Å². The van der Waals surface area contributed by atoms with E-state index in [4.69, 9.17) is 5.73 Å². The van der Waals surface area contributed by atoms with Crippen molar-refractivity contribution in [1.29, 1.82) is 10.5 Å². The largest absolute Gasteiger partial charge is 0.289 e. The first-order chi connectivity index (χ1) is 13.8. The van der Waals surface area contributed by atoms with Crippen molar-refractivity contribution >= 4 is 35.1 Å². The molecule has 3 rings (SSSR count). The number of hydrogen-bond acceptors (Lipinski definition) is 6. The number of carbonyl (C=O) groups is 2. The van der Waals surface area contributed by atoms with Crippen LogP contribution in [-0.4, -0.2) is 17.1 Å². The number of benzene rings is 1. The summed E-state index contributed by atoms with van der Waals surface area (Å²) in [5, 5.41) is 18.9. The standard InChI is InChI=1S/C21H19N5O2S/c1-11(2)18-14(9-22)19(24)25-20(15(18)10-23)29-16-8-17(27)26(21(16)28)13-6-4-12(3)5-7-13/h4-7,11,16H,8H2,1-3H3,(H2,24,25)/p+1/t16-/m1/s1. The molecule has 8 heteroatoms. The summed E-state index contributed by atoms with van der Waals surface area (Å²) in [6.45, 7) is 5.67. The second-order valence-corrected chi connectivity index (χ2v) is 8.34. The van der Waals surface area contributed by atoms with Gasteiger partial charge in [-0.05, 0) is 25.0 Å². The minimum atomic E-state index is -0.681. The lowest BCUT2D eigenvalue weighted by molar-refractivity contribution is -0.410. The maximum atomic E-state index is 12.9. The summed E-state index contributed by atoms with van der Waals surface area (Å²) >= 11 is 1.10. The molecule has 0 bridgehead atoms. The lowest BCUT2D eigenvalue weighted by Gasteiger charge is -2.16. The van der Waals surface area contributed by atoms with Crippen LogP contribution in [0.5, 0.6) is 0 Å². The Balaban J connectivity index is 1.98. The number of nitrogen functional groups attached to an aromatic ring is 1. The molecule has 1 aromatic carbocycles. The number of hydrogen-bond donors (Lipinski definition) is 1. The highest BCUT2D eigenvalue weighted by molar-refractivity contribution is 8.00. The van der Waals surface area contributed by atoms with E-state index in [1.54, 1.807) is 12.1 Å². The molecule has 7 nitrogen and oxygen atoms in total. The molecule has 0 spiro atoms. The summed E-state index contributed by atoms with van der Waals surface area (Å²) in [5.74, 6) is -0.596. The number of pyridine rings is 1. The number of aromatic amines is 1. The van der Waals surface area contributed by atoms with E-state index in [0.717, 1.165) is 17.3 Å². The minimum absolute atomic E-state index is 0.0208. The van der Waals surface area contributed by atoms with Crippen molar-refractivity contribution in [3.8, 4) is 12.1 Å². The van der Waals surface area contributed by atoms with E-state index >= 15 is 0 Å². The fraction of sp³-hybridized carbons (Fsp3) is 0.286. The van der Waals surface area contributed by atoms with Gasteiger partial charge in [-0.25, -0.2) is 9.88 Å². The zero-order valence-corrected chi connectivity index (χ0v) is 17.1. The quantitative estimate of drug-likeness (QED) is 0.778. The van der Waals surface area contributed by atoms with E-state index in [0.29, 0.717) is 16.3 Å². The zero-order valence-electron chi connectivity index (χ0n) is 16.3. The number of nitrogens with zero attached hydrogens (tertiary/aromatic N) is 3. The number of aryl methyl sites for hydroxylation is 1. The molecule has 3 N–H and O–H groups in total. The molecular weight excluding hydrogens is 386 g/mol. The Bertz CT molecular complexity index is 1080. The van der Waals surface area contributed by atoms with Crippen LogP contribution in [0.4, 0.5) is 11.5 Å². The third kappa shape index (κ3) is 3.67. The van der Waals surface area contributed by atoms with Crippen LogP contribution >= 0.6 is 11.8 Å². The van der Waals surface area contributed by atoms with E-state index in [1.807, 2.05) is 39.0 Å². The summed E-state index contributed by atoms with van der Waals surface area (Å²) < 4.78 is 0. The number of H-pyrrole nitrogens is 1. The van der Waals surface area contributed by atoms with Crippen LogP contribution in [0.15, 0.2) is 29.3 Å². The van der Waals surface area contributed by atoms with Gasteiger partial charge in [0.25, 0.3) is 5.82 Å². The lowest BCUT2D eigenvalue weighted by atomic mass is 9.94. The normalized spacial score (nSPS) is 16.2. The van der Waals surface area contributed by atoms with Gasteiger partial charge < -0.3 is 0 Å². The molecule has 146 valence electrons. The summed E-state index contributed by atoms with van der Waals surface area (Å²) in [5.41, 5.74) is 8.61. The molecule has 2 aromatic rings. The van der Waals surface area contributed by atoms with Crippen molar-refractivity contribution in [2.24, 2.45) is 0 Å². The Labute approximate surface area is 173 Å². The SMILES string of the molecule is Cc1ccc(N2C(=O)C[C@@H](Sc3[nH+]c(N)c(C#N)c(C(C)C)c3C#N)C2=O)cc1. The molecule has 0 aliphatic carbocycles. The van der Waals surface area contributed by atoms with Crippen molar-refractivity contribution in [3.05, 3.63) is 46.5 Å². The number of imide groups is 1. The van der Waals surface area contributed by atoms with Crippen molar-refractivity contribution < 1.29 is 14.6 Å². The van der Waals surface area contributed by atoms with Crippen LogP contribution < -0.4 is 15.6 Å². The van der Waals surface area contributed by atoms with E-state index in [1.165, 1.54) is 4.90 Å². The molecule has 1 fully saturated rings. The van der Waals surface area contributed by atoms with Gasteiger partial charge in [0.1, 0.15) is 28.5 Å². The van der Waals surface area contributed by atoms with Gasteiger partial charge >= 0.3 is 0 Å². The summed E-state index contributed by atoms with van der Waals surface area (Å²) in [6, 6.07) is 11.3. The fourth-order valence-electron chi connectivity index (χ4n) is 3.34. The zero-order chi connectivity index (χ0) is 21.3. The lowest BCUT2D eigenvalue weighted by Crippen LogP contribution is -2.31. The predicted molar refractivity (Wildman–Crippen MR) is 109 cm³/mol. The average molecular weight is 406 g/mol. The molecule has 1 aliphatic rings. The molecule has 0 saturated carbocycles. The molecule has 1 atom stereocenters. The predicted octanol–water partition coefficient (Wildman–Crippen LogP) is 2.68. The van der Waals surface area contributed by atoms with Crippen molar-refractivity contribution in [3.63, 3.8) is 0 Å². The Kier molecular flexibility index (Phi) is 5.58. The highest BCUT2D eigenvalue weighted by Gasteiger charge is 2.41. The van der Waals surface area contributed by atoms with Gasteiger partial charge in [0, 0.05) is 12.0 Å². The highest BCUT2D eigenvalue weighted by Crippen LogP contribution is 2.37. The average Bonchev–Trinajstić information content (AvgIpc) is 2.95. The highest BCUT2D eigenvalue weighted by atomic mass is 32.2. The van der Waals surface area contributed by atoms with E-state index < -0.39 is 5.25 Å². The van der Waals surface area contributed by atoms with Gasteiger partial charge in [0.2, 0.25) is 11.8 Å². The van der Waals surface area contributed by atoms with Crippen molar-refractivity contribution in [2.75, 3.05) is 10.6 Å². The van der Waals surface area contributed by atoms with Gasteiger partial charge in [0.15, 0.2) is 5.03 Å². The third-order valence-corrected chi connectivity index (χ3v) is 5.94. The Morgan fingerprint density at radius 2 is 1.79 bits per heavy atom. The Hall–Kier alpha value is -3.36. The first-order valence-corrected chi connectivity index (χ1v) is 9.95. The maximum Gasteiger partial charge on any atom is 0.289 e. The number of rotatable bonds is 4. The van der Waals surface area contributed by atoms with E-state index in [-0.39, 0.29) is 41.1 Å². The maximum absolute atomic E-state index is 12.9. The molecule has 2 heterocycles. The second-order valence-electron chi connectivity index (χ2n) is 7.12. The molecule has 0 radical (unpaired) electrons. The number of amides is 2. The van der Waals surface area contributed by atoms with Gasteiger partial charge in [-0.1, -0.05) is 43.3 Å². The fourth-order valence-corrected chi connectivity index (χ4v) is 4.50. The van der Waals surface area contributed by atoms with E-state index in [9.17, 15) is 20.1 Å². The molecule has 2 amide bonds. The van der Waals surface area contributed by atoms with Crippen LogP contribution in [0.3, 0.4) is 0 Å². The number of nitrogens with two attached hydrogens (primary N) is 1. The number of anilines is 2. The smallest absolute Gasteiger partial charge is 0.286 e. The van der Waals surface area contributed by atoms with Gasteiger partial charge in [0.05, 0.1) is 5.69 Å². The Morgan fingerprint density at radius 1 is 1.17 bits per heavy atom. The molecular formula is C21H20N5O2S+. The van der Waals surface area contributed by atoms with Crippen molar-refractivity contribution in [2.45, 2.75) is 43.4 Å². The van der Waals surface area contributed by atoms with Crippen LogP contribution in [-0.2, 0) is 9.59 Å². The third-order valence-electron chi connectivity index (χ3n) is 4.74. The first-order valence-electron chi connectivity index (χ1n) is 9.07. The second kappa shape index (κ2) is 7.94. The number of nitriles is 2. The number of thioether (sulfide) groups is 1. The minimum Gasteiger partial charge on any atom is -0.286 e. The topological polar surface area (TPSA) is 125 Å². The van der Waals surface area contributed by atoms with Crippen molar-refractivity contribution in [1.82, 2.24) is 0 Å². The number of carbonyl (C=O) groups excluding carboxylic acids is 2.